The van der Waals surface area contributed by atoms with Crippen molar-refractivity contribution < 1.29 is 9.59 Å². The first-order chi connectivity index (χ1) is 8.25. The maximum absolute atomic E-state index is 11.7. The van der Waals surface area contributed by atoms with Gasteiger partial charge in [-0.05, 0) is 11.6 Å². The van der Waals surface area contributed by atoms with Gasteiger partial charge in [0.15, 0.2) is 11.6 Å². The van der Waals surface area contributed by atoms with Crippen LogP contribution < -0.4 is 0 Å². The molecule has 0 spiro atoms. The summed E-state index contributed by atoms with van der Waals surface area (Å²) in [6.45, 7) is 0. The van der Waals surface area contributed by atoms with Crippen LogP contribution in [0.2, 0.25) is 0 Å². The van der Waals surface area contributed by atoms with E-state index in [0.29, 0.717) is 24.1 Å². The van der Waals surface area contributed by atoms with E-state index in [1.54, 1.807) is 6.07 Å². The monoisotopic (exact) mass is 225 g/mol. The number of hydrogen-bond donors (Lipinski definition) is 1. The summed E-state index contributed by atoms with van der Waals surface area (Å²) < 4.78 is 0. The summed E-state index contributed by atoms with van der Waals surface area (Å²) in [5.41, 5.74) is 2.84. The smallest absolute Gasteiger partial charge is 0.180 e. The first-order valence-electron chi connectivity index (χ1n) is 5.60. The Hall–Kier alpha value is -2.16. The molecule has 0 unspecified atom stereocenters. The van der Waals surface area contributed by atoms with Crippen LogP contribution in [0.15, 0.2) is 36.4 Å². The van der Waals surface area contributed by atoms with Crippen molar-refractivity contribution in [2.45, 2.75) is 12.8 Å². The number of hydrogen-bond acceptors (Lipinski definition) is 2. The van der Waals surface area contributed by atoms with Crippen LogP contribution >= 0.6 is 0 Å². The van der Waals surface area contributed by atoms with Gasteiger partial charge in [-0.2, -0.15) is 0 Å². The third kappa shape index (κ3) is 1.60. The Morgan fingerprint density at radius 3 is 2.35 bits per heavy atom. The van der Waals surface area contributed by atoms with Crippen molar-refractivity contribution in [2.75, 3.05) is 0 Å². The van der Waals surface area contributed by atoms with Crippen LogP contribution in [0.5, 0.6) is 0 Å². The predicted molar refractivity (Wildman–Crippen MR) is 64.1 cm³/mol. The lowest BCUT2D eigenvalue weighted by Crippen LogP contribution is -2.15. The van der Waals surface area contributed by atoms with Crippen molar-refractivity contribution in [1.29, 1.82) is 0 Å². The highest BCUT2D eigenvalue weighted by Crippen LogP contribution is 2.27. The van der Waals surface area contributed by atoms with E-state index in [1.165, 1.54) is 0 Å². The van der Waals surface area contributed by atoms with Gasteiger partial charge in [-0.25, -0.2) is 0 Å². The van der Waals surface area contributed by atoms with Crippen LogP contribution in [0.4, 0.5) is 0 Å². The molecule has 3 heteroatoms. The highest BCUT2D eigenvalue weighted by atomic mass is 16.1. The molecule has 0 bridgehead atoms. The van der Waals surface area contributed by atoms with E-state index in [0.717, 1.165) is 11.3 Å². The molecule has 1 aliphatic carbocycles. The molecule has 1 aliphatic rings. The first-order valence-corrected chi connectivity index (χ1v) is 5.60. The number of carbonyl (C=O) groups excluding carboxylic acids is 2. The van der Waals surface area contributed by atoms with Crippen molar-refractivity contribution in [1.82, 2.24) is 4.98 Å². The lowest BCUT2D eigenvalue weighted by atomic mass is 9.95. The molecule has 1 aromatic carbocycles. The van der Waals surface area contributed by atoms with Gasteiger partial charge >= 0.3 is 0 Å². The number of carbonyl (C=O) groups is 2. The number of aromatic amines is 1. The molecule has 0 saturated heterocycles. The Morgan fingerprint density at radius 2 is 1.65 bits per heavy atom. The number of ketones is 2. The number of rotatable bonds is 1. The summed E-state index contributed by atoms with van der Waals surface area (Å²) >= 11 is 0. The van der Waals surface area contributed by atoms with E-state index < -0.39 is 0 Å². The van der Waals surface area contributed by atoms with Crippen LogP contribution in [0.3, 0.4) is 0 Å². The Labute approximate surface area is 98.5 Å². The maximum atomic E-state index is 11.7. The molecular formula is C14H11NO2. The number of benzene rings is 1. The molecule has 0 saturated carbocycles. The van der Waals surface area contributed by atoms with E-state index in [9.17, 15) is 9.59 Å². The van der Waals surface area contributed by atoms with Crippen molar-refractivity contribution >= 4 is 11.6 Å². The van der Waals surface area contributed by atoms with E-state index >= 15 is 0 Å². The summed E-state index contributed by atoms with van der Waals surface area (Å²) in [6, 6.07) is 11.5. The number of aromatic nitrogens is 1. The molecule has 3 nitrogen and oxygen atoms in total. The second-order valence-electron chi connectivity index (χ2n) is 4.18. The van der Waals surface area contributed by atoms with Gasteiger partial charge in [0.25, 0.3) is 0 Å². The minimum atomic E-state index is 0.0294. The van der Waals surface area contributed by atoms with Gasteiger partial charge in [-0.3, -0.25) is 9.59 Å². The number of nitrogens with one attached hydrogen (secondary N) is 1. The molecule has 3 rings (SSSR count). The van der Waals surface area contributed by atoms with Crippen molar-refractivity contribution in [3.05, 3.63) is 47.7 Å². The molecule has 0 aliphatic heterocycles. The number of fused-ring (bicyclic) bond motifs is 1. The summed E-state index contributed by atoms with van der Waals surface area (Å²) in [4.78, 5) is 26.5. The third-order valence-electron chi connectivity index (χ3n) is 3.06. The van der Waals surface area contributed by atoms with Gasteiger partial charge in [-0.1, -0.05) is 30.3 Å². The van der Waals surface area contributed by atoms with Crippen LogP contribution in [0.25, 0.3) is 11.3 Å². The Kier molecular flexibility index (Phi) is 2.18. The van der Waals surface area contributed by atoms with E-state index in [4.69, 9.17) is 0 Å². The largest absolute Gasteiger partial charge is 0.352 e. The minimum absolute atomic E-state index is 0.0294. The molecule has 0 radical (unpaired) electrons. The van der Waals surface area contributed by atoms with Gasteiger partial charge in [0.05, 0.1) is 5.69 Å². The maximum Gasteiger partial charge on any atom is 0.180 e. The average molecular weight is 225 g/mol. The number of H-pyrrole nitrogens is 1. The Bertz CT molecular complexity index is 562. The summed E-state index contributed by atoms with van der Waals surface area (Å²) in [5, 5.41) is 0. The van der Waals surface area contributed by atoms with Crippen LogP contribution in [-0.4, -0.2) is 16.6 Å². The first kappa shape index (κ1) is 10.0. The summed E-state index contributed by atoms with van der Waals surface area (Å²) in [6.07, 6.45) is 0.651. The zero-order valence-electron chi connectivity index (χ0n) is 9.19. The molecule has 17 heavy (non-hydrogen) atoms. The molecule has 1 heterocycles. The fraction of sp³-hybridized carbons (Fsp3) is 0.143. The van der Waals surface area contributed by atoms with Gasteiger partial charge in [-0.15, -0.1) is 0 Å². The average Bonchev–Trinajstić information content (AvgIpc) is 2.81. The lowest BCUT2D eigenvalue weighted by molar-refractivity contribution is 0.0888. The molecule has 2 aromatic rings. The van der Waals surface area contributed by atoms with E-state index in [2.05, 4.69) is 4.98 Å². The fourth-order valence-corrected chi connectivity index (χ4v) is 2.15. The molecule has 0 atom stereocenters. The quantitative estimate of drug-likeness (QED) is 0.811. The Balaban J connectivity index is 2.13. The third-order valence-corrected chi connectivity index (χ3v) is 3.06. The zero-order chi connectivity index (χ0) is 11.8. The second-order valence-corrected chi connectivity index (χ2v) is 4.18. The number of Topliss-reactive ketones (excluding diaryl/α,β-unsaturated/α-hetero) is 2. The molecule has 1 aromatic heterocycles. The van der Waals surface area contributed by atoms with Crippen molar-refractivity contribution in [3.8, 4) is 11.3 Å². The second kappa shape index (κ2) is 3.70. The molecule has 0 amide bonds. The van der Waals surface area contributed by atoms with E-state index in [-0.39, 0.29) is 11.6 Å². The minimum Gasteiger partial charge on any atom is -0.352 e. The van der Waals surface area contributed by atoms with Gasteiger partial charge in [0, 0.05) is 24.1 Å². The topological polar surface area (TPSA) is 49.9 Å². The summed E-state index contributed by atoms with van der Waals surface area (Å²) in [7, 11) is 0. The summed E-state index contributed by atoms with van der Waals surface area (Å²) in [5.74, 6) is 0.0832. The van der Waals surface area contributed by atoms with Crippen molar-refractivity contribution in [2.24, 2.45) is 0 Å². The fourth-order valence-electron chi connectivity index (χ4n) is 2.15. The molecular weight excluding hydrogens is 214 g/mol. The van der Waals surface area contributed by atoms with Crippen molar-refractivity contribution in [3.63, 3.8) is 0 Å². The van der Waals surface area contributed by atoms with Crippen LogP contribution in [-0.2, 0) is 0 Å². The zero-order valence-corrected chi connectivity index (χ0v) is 9.19. The predicted octanol–water partition coefficient (Wildman–Crippen LogP) is 2.84. The van der Waals surface area contributed by atoms with Crippen LogP contribution in [0.1, 0.15) is 33.7 Å². The van der Waals surface area contributed by atoms with Crippen LogP contribution in [0, 0.1) is 0 Å². The highest BCUT2D eigenvalue weighted by Gasteiger charge is 2.26. The SMILES string of the molecule is O=C1CCC(=O)c2[nH]c(-c3ccccc3)cc21. The highest BCUT2D eigenvalue weighted by molar-refractivity contribution is 6.13. The molecule has 84 valence electrons. The van der Waals surface area contributed by atoms with Gasteiger partial charge in [0.2, 0.25) is 0 Å². The molecule has 0 fully saturated rings. The normalized spacial score (nSPS) is 14.8. The van der Waals surface area contributed by atoms with E-state index in [1.807, 2.05) is 30.3 Å². The van der Waals surface area contributed by atoms with Gasteiger partial charge in [0.1, 0.15) is 0 Å². The molecule has 1 N–H and O–H groups in total. The van der Waals surface area contributed by atoms with Gasteiger partial charge < -0.3 is 4.98 Å². The standard InChI is InChI=1S/C14H11NO2/c16-12-6-7-13(17)14-10(12)8-11(15-14)9-4-2-1-3-5-9/h1-5,8,15H,6-7H2. The lowest BCUT2D eigenvalue weighted by Gasteiger charge is -2.07. The Morgan fingerprint density at radius 1 is 0.941 bits per heavy atom.